The van der Waals surface area contributed by atoms with Gasteiger partial charge in [0, 0.05) is 5.02 Å². The number of rotatable bonds is 8. The third-order valence-electron chi connectivity index (χ3n) is 4.02. The first-order valence-electron chi connectivity index (χ1n) is 8.75. The van der Waals surface area contributed by atoms with E-state index in [0.717, 1.165) is 5.56 Å². The molecule has 2 aromatic rings. The monoisotopic (exact) mass is 432 g/mol. The average Bonchev–Trinajstić information content (AvgIpc) is 3.05. The molecule has 8 heteroatoms. The molecular weight excluding hydrogens is 412 g/mol. The molecule has 1 amide bonds. The molecule has 152 valence electrons. The summed E-state index contributed by atoms with van der Waals surface area (Å²) in [5.41, 5.74) is 1.18. The van der Waals surface area contributed by atoms with E-state index in [9.17, 15) is 4.79 Å². The number of carbonyl (C=O) groups excluding carboxylic acids is 1. The summed E-state index contributed by atoms with van der Waals surface area (Å²) in [6.45, 7) is 4.02. The van der Waals surface area contributed by atoms with Crippen LogP contribution in [0.5, 0.6) is 17.2 Å². The van der Waals surface area contributed by atoms with Gasteiger partial charge in [0.25, 0.3) is 5.91 Å². The lowest BCUT2D eigenvalue weighted by molar-refractivity contribution is -0.116. The lowest BCUT2D eigenvalue weighted by Crippen LogP contribution is -2.31. The Balaban J connectivity index is 1.75. The van der Waals surface area contributed by atoms with E-state index in [1.165, 1.54) is 11.8 Å². The number of halogens is 1. The number of thioether (sulfide) groups is 1. The van der Waals surface area contributed by atoms with Gasteiger partial charge < -0.3 is 24.8 Å². The minimum absolute atomic E-state index is 0.167. The number of nitrogens with one attached hydrogen (secondary N) is 2. The summed E-state index contributed by atoms with van der Waals surface area (Å²) in [6.07, 6.45) is 3.47. The van der Waals surface area contributed by atoms with Crippen LogP contribution in [0.15, 0.2) is 54.0 Å². The van der Waals surface area contributed by atoms with Crippen LogP contribution in [0.1, 0.15) is 5.56 Å². The molecule has 1 aliphatic heterocycles. The van der Waals surface area contributed by atoms with Crippen molar-refractivity contribution >= 4 is 41.0 Å². The normalized spacial score (nSPS) is 17.0. The molecule has 0 radical (unpaired) electrons. The Morgan fingerprint density at radius 3 is 2.66 bits per heavy atom. The molecule has 0 aliphatic carbocycles. The van der Waals surface area contributed by atoms with Gasteiger partial charge >= 0.3 is 0 Å². The predicted molar refractivity (Wildman–Crippen MR) is 118 cm³/mol. The van der Waals surface area contributed by atoms with Gasteiger partial charge in [0.2, 0.25) is 0 Å². The van der Waals surface area contributed by atoms with Crippen LogP contribution >= 0.6 is 23.4 Å². The summed E-state index contributed by atoms with van der Waals surface area (Å²) in [6, 6.07) is 10.8. The molecule has 0 spiro atoms. The zero-order valence-corrected chi connectivity index (χ0v) is 17.6. The first-order chi connectivity index (χ1) is 14.0. The molecule has 0 aromatic heterocycles. The molecule has 29 heavy (non-hydrogen) atoms. The summed E-state index contributed by atoms with van der Waals surface area (Å²) in [5.74, 6) is 1.68. The number of amides is 1. The number of benzene rings is 2. The maximum Gasteiger partial charge on any atom is 0.260 e. The van der Waals surface area contributed by atoms with Crippen LogP contribution < -0.4 is 24.8 Å². The lowest BCUT2D eigenvalue weighted by atomic mass is 10.2. The number of carbonyl (C=O) groups is 1. The first kappa shape index (κ1) is 21.0. The summed E-state index contributed by atoms with van der Waals surface area (Å²) >= 11 is 7.44. The van der Waals surface area contributed by atoms with E-state index < -0.39 is 0 Å². The van der Waals surface area contributed by atoms with Gasteiger partial charge in [-0.1, -0.05) is 42.1 Å². The third kappa shape index (κ3) is 5.19. The van der Waals surface area contributed by atoms with Crippen LogP contribution in [0, 0.1) is 0 Å². The Morgan fingerprint density at radius 1 is 1.17 bits per heavy atom. The second-order valence-corrected chi connectivity index (χ2v) is 7.56. The third-order valence-corrected chi connectivity index (χ3v) is 5.28. The topological polar surface area (TPSA) is 68.8 Å². The fourth-order valence-electron chi connectivity index (χ4n) is 2.69. The molecule has 3 rings (SSSR count). The molecule has 2 aromatic carbocycles. The number of methoxy groups -OCH3 is 2. The second kappa shape index (κ2) is 9.62. The zero-order valence-electron chi connectivity index (χ0n) is 16.0. The van der Waals surface area contributed by atoms with Crippen molar-refractivity contribution in [1.29, 1.82) is 0 Å². The fourth-order valence-corrected chi connectivity index (χ4v) is 3.84. The SMILES string of the molecule is C=CCOc1ccc(/C=C2\SC(Nc3cc(Cl)ccc3OC)NC2=O)cc1OC. The largest absolute Gasteiger partial charge is 0.495 e. The number of anilines is 1. The summed E-state index contributed by atoms with van der Waals surface area (Å²) in [7, 11) is 3.15. The van der Waals surface area contributed by atoms with Crippen molar-refractivity contribution in [3.63, 3.8) is 0 Å². The molecule has 1 fully saturated rings. The highest BCUT2D eigenvalue weighted by molar-refractivity contribution is 8.05. The van der Waals surface area contributed by atoms with Crippen molar-refractivity contribution in [3.05, 3.63) is 64.5 Å². The van der Waals surface area contributed by atoms with E-state index in [0.29, 0.717) is 39.5 Å². The van der Waals surface area contributed by atoms with Gasteiger partial charge in [0.05, 0.1) is 24.8 Å². The van der Waals surface area contributed by atoms with Crippen LogP contribution in [0.4, 0.5) is 5.69 Å². The van der Waals surface area contributed by atoms with Crippen LogP contribution in [-0.4, -0.2) is 32.2 Å². The van der Waals surface area contributed by atoms with Gasteiger partial charge in [0.1, 0.15) is 12.4 Å². The molecule has 1 aliphatic rings. The Bertz CT molecular complexity index is 948. The van der Waals surface area contributed by atoms with E-state index in [-0.39, 0.29) is 11.4 Å². The van der Waals surface area contributed by atoms with Crippen molar-refractivity contribution in [1.82, 2.24) is 5.32 Å². The van der Waals surface area contributed by atoms with E-state index in [1.807, 2.05) is 12.1 Å². The van der Waals surface area contributed by atoms with Gasteiger partial charge in [-0.15, -0.1) is 0 Å². The van der Waals surface area contributed by atoms with E-state index in [4.69, 9.17) is 25.8 Å². The second-order valence-electron chi connectivity index (χ2n) is 5.98. The molecule has 1 atom stereocenters. The van der Waals surface area contributed by atoms with Gasteiger partial charge in [-0.05, 0) is 42.0 Å². The van der Waals surface area contributed by atoms with Crippen LogP contribution in [0.25, 0.3) is 6.08 Å². The minimum atomic E-state index is -0.349. The average molecular weight is 433 g/mol. The van der Waals surface area contributed by atoms with Gasteiger partial charge in [-0.3, -0.25) is 4.79 Å². The van der Waals surface area contributed by atoms with Crippen molar-refractivity contribution < 1.29 is 19.0 Å². The molecule has 1 unspecified atom stereocenters. The highest BCUT2D eigenvalue weighted by Gasteiger charge is 2.28. The number of ether oxygens (including phenoxy) is 3. The van der Waals surface area contributed by atoms with Gasteiger partial charge in [0.15, 0.2) is 17.0 Å². The summed E-state index contributed by atoms with van der Waals surface area (Å²) < 4.78 is 16.3. The summed E-state index contributed by atoms with van der Waals surface area (Å²) in [4.78, 5) is 13.0. The van der Waals surface area contributed by atoms with E-state index in [2.05, 4.69) is 17.2 Å². The molecule has 1 saturated heterocycles. The van der Waals surface area contributed by atoms with Crippen LogP contribution in [0.3, 0.4) is 0 Å². The Labute approximate surface area is 178 Å². The van der Waals surface area contributed by atoms with Crippen LogP contribution in [0.2, 0.25) is 5.02 Å². The van der Waals surface area contributed by atoms with Crippen molar-refractivity contribution in [2.75, 3.05) is 26.1 Å². The quantitative estimate of drug-likeness (QED) is 0.472. The van der Waals surface area contributed by atoms with Gasteiger partial charge in [-0.25, -0.2) is 0 Å². The molecule has 2 N–H and O–H groups in total. The van der Waals surface area contributed by atoms with Crippen molar-refractivity contribution in [3.8, 4) is 17.2 Å². The molecule has 6 nitrogen and oxygen atoms in total. The zero-order chi connectivity index (χ0) is 20.8. The highest BCUT2D eigenvalue weighted by atomic mass is 35.5. The maximum atomic E-state index is 12.4. The molecule has 0 saturated carbocycles. The van der Waals surface area contributed by atoms with E-state index >= 15 is 0 Å². The molecule has 1 heterocycles. The lowest BCUT2D eigenvalue weighted by Gasteiger charge is -2.15. The Morgan fingerprint density at radius 2 is 1.93 bits per heavy atom. The minimum Gasteiger partial charge on any atom is -0.495 e. The van der Waals surface area contributed by atoms with Crippen LogP contribution in [-0.2, 0) is 4.79 Å². The Kier molecular flexibility index (Phi) is 6.95. The smallest absolute Gasteiger partial charge is 0.260 e. The highest BCUT2D eigenvalue weighted by Crippen LogP contribution is 2.35. The maximum absolute atomic E-state index is 12.4. The van der Waals surface area contributed by atoms with E-state index in [1.54, 1.807) is 50.6 Å². The standard InChI is InChI=1S/C21H21ClN2O4S/c1-4-9-28-17-7-5-13(10-18(17)27-3)11-19-20(25)24-21(29-19)23-15-12-14(22)6-8-16(15)26-2/h4-8,10-12,21,23H,1,9H2,2-3H3,(H,24,25)/b19-11-. The first-order valence-corrected chi connectivity index (χ1v) is 10.0. The predicted octanol–water partition coefficient (Wildman–Crippen LogP) is 4.52. The molecular formula is C21H21ClN2O4S. The fraction of sp³-hybridized carbons (Fsp3) is 0.190. The summed E-state index contributed by atoms with van der Waals surface area (Å²) in [5, 5.41) is 6.69. The molecule has 0 bridgehead atoms. The van der Waals surface area contributed by atoms with Crippen molar-refractivity contribution in [2.24, 2.45) is 0 Å². The number of hydrogen-bond donors (Lipinski definition) is 2. The Hall–Kier alpha value is -2.77. The number of hydrogen-bond acceptors (Lipinski definition) is 6. The van der Waals surface area contributed by atoms with Crippen molar-refractivity contribution in [2.45, 2.75) is 5.50 Å². The van der Waals surface area contributed by atoms with Gasteiger partial charge in [-0.2, -0.15) is 0 Å².